The maximum absolute atomic E-state index is 12.3. The van der Waals surface area contributed by atoms with Crippen molar-refractivity contribution in [1.29, 1.82) is 0 Å². The van der Waals surface area contributed by atoms with E-state index >= 15 is 0 Å². The summed E-state index contributed by atoms with van der Waals surface area (Å²) in [6, 6.07) is 8.17. The number of amides is 1. The van der Waals surface area contributed by atoms with E-state index in [2.05, 4.69) is 17.1 Å². The van der Waals surface area contributed by atoms with Gasteiger partial charge in [-0.2, -0.15) is 0 Å². The summed E-state index contributed by atoms with van der Waals surface area (Å²) in [5, 5.41) is 1.20. The van der Waals surface area contributed by atoms with Crippen LogP contribution in [0.2, 0.25) is 0 Å². The lowest BCUT2D eigenvalue weighted by atomic mass is 10.1. The minimum atomic E-state index is -0.0178. The Morgan fingerprint density at radius 1 is 1.43 bits per heavy atom. The van der Waals surface area contributed by atoms with E-state index in [4.69, 9.17) is 10.5 Å². The van der Waals surface area contributed by atoms with E-state index < -0.39 is 0 Å². The predicted octanol–water partition coefficient (Wildman–Crippen LogP) is 1.29. The summed E-state index contributed by atoms with van der Waals surface area (Å²) < 4.78 is 5.49. The van der Waals surface area contributed by atoms with Crippen molar-refractivity contribution < 1.29 is 9.53 Å². The van der Waals surface area contributed by atoms with Gasteiger partial charge >= 0.3 is 0 Å². The van der Waals surface area contributed by atoms with Crippen molar-refractivity contribution in [3.8, 4) is 0 Å². The van der Waals surface area contributed by atoms with E-state index in [0.717, 1.165) is 11.9 Å². The van der Waals surface area contributed by atoms with Crippen LogP contribution in [0, 0.1) is 0 Å². The highest BCUT2D eigenvalue weighted by molar-refractivity contribution is 5.84. The van der Waals surface area contributed by atoms with E-state index in [1.807, 2.05) is 23.2 Å². The number of morpholine rings is 1. The maximum Gasteiger partial charge on any atom is 0.223 e. The lowest BCUT2D eigenvalue weighted by molar-refractivity contribution is -0.138. The van der Waals surface area contributed by atoms with E-state index in [9.17, 15) is 4.79 Å². The Morgan fingerprint density at radius 3 is 3.14 bits per heavy atom. The molecule has 1 unspecified atom stereocenters. The summed E-state index contributed by atoms with van der Waals surface area (Å²) in [6.07, 6.45) is 3.27. The Kier molecular flexibility index (Phi) is 4.22. The van der Waals surface area contributed by atoms with Crippen LogP contribution in [-0.4, -0.2) is 48.1 Å². The van der Waals surface area contributed by atoms with Gasteiger partial charge in [0, 0.05) is 43.2 Å². The third-order valence-corrected chi connectivity index (χ3v) is 4.04. The van der Waals surface area contributed by atoms with Crippen LogP contribution in [0.25, 0.3) is 10.9 Å². The van der Waals surface area contributed by atoms with Crippen molar-refractivity contribution in [3.05, 3.63) is 36.0 Å². The zero-order valence-electron chi connectivity index (χ0n) is 12.0. The first-order chi connectivity index (χ1) is 10.3. The number of carbonyl (C=O) groups is 1. The number of rotatable bonds is 4. The highest BCUT2D eigenvalue weighted by Crippen LogP contribution is 2.19. The summed E-state index contributed by atoms with van der Waals surface area (Å²) in [5.74, 6) is 0.182. The van der Waals surface area contributed by atoms with Gasteiger partial charge in [-0.1, -0.05) is 18.2 Å². The molecule has 0 radical (unpaired) electrons. The van der Waals surface area contributed by atoms with E-state index in [1.165, 1.54) is 10.9 Å². The Balaban J connectivity index is 1.60. The van der Waals surface area contributed by atoms with Gasteiger partial charge in [-0.05, 0) is 18.1 Å². The molecule has 5 nitrogen and oxygen atoms in total. The molecule has 0 saturated carbocycles. The second-order valence-electron chi connectivity index (χ2n) is 5.43. The molecule has 112 valence electrons. The van der Waals surface area contributed by atoms with Crippen molar-refractivity contribution in [3.63, 3.8) is 0 Å². The van der Waals surface area contributed by atoms with Crippen LogP contribution in [0.3, 0.4) is 0 Å². The average molecular weight is 287 g/mol. The largest absolute Gasteiger partial charge is 0.373 e. The fourth-order valence-corrected chi connectivity index (χ4v) is 2.83. The van der Waals surface area contributed by atoms with Crippen molar-refractivity contribution in [2.45, 2.75) is 18.9 Å². The van der Waals surface area contributed by atoms with Gasteiger partial charge in [0.1, 0.15) is 0 Å². The number of fused-ring (bicyclic) bond motifs is 1. The molecular weight excluding hydrogens is 266 g/mol. The minimum Gasteiger partial charge on any atom is -0.373 e. The number of carbonyl (C=O) groups excluding carboxylic acids is 1. The quantitative estimate of drug-likeness (QED) is 0.890. The topological polar surface area (TPSA) is 71.3 Å². The van der Waals surface area contributed by atoms with Gasteiger partial charge in [-0.3, -0.25) is 4.79 Å². The molecule has 1 aliphatic heterocycles. The van der Waals surface area contributed by atoms with Crippen LogP contribution < -0.4 is 5.73 Å². The lowest BCUT2D eigenvalue weighted by Crippen LogP contribution is -2.48. The summed E-state index contributed by atoms with van der Waals surface area (Å²) in [7, 11) is 0. The molecule has 1 amide bonds. The summed E-state index contributed by atoms with van der Waals surface area (Å²) in [6.45, 7) is 2.33. The number of hydrogen-bond acceptors (Lipinski definition) is 3. The van der Waals surface area contributed by atoms with Gasteiger partial charge in [0.05, 0.1) is 12.7 Å². The predicted molar refractivity (Wildman–Crippen MR) is 82.0 cm³/mol. The number of ether oxygens (including phenoxy) is 1. The third kappa shape index (κ3) is 3.09. The molecule has 1 saturated heterocycles. The molecule has 1 fully saturated rings. The standard InChI is InChI=1S/C16H21N3O2/c17-9-13-11-19(7-8-21-13)16(20)6-5-12-10-18-15-4-2-1-3-14(12)15/h1-4,10,13,18H,5-9,11,17H2. The second kappa shape index (κ2) is 6.28. The summed E-state index contributed by atoms with van der Waals surface area (Å²) in [5.41, 5.74) is 7.93. The fraction of sp³-hybridized carbons (Fsp3) is 0.438. The lowest BCUT2D eigenvalue weighted by Gasteiger charge is -2.32. The molecule has 21 heavy (non-hydrogen) atoms. The average Bonchev–Trinajstić information content (AvgIpc) is 2.96. The number of nitrogens with two attached hydrogens (primary N) is 1. The Morgan fingerprint density at radius 2 is 2.29 bits per heavy atom. The number of H-pyrrole nitrogens is 1. The normalized spacial score (nSPS) is 19.1. The molecule has 2 aromatic rings. The molecule has 1 atom stereocenters. The first-order valence-corrected chi connectivity index (χ1v) is 7.42. The Hall–Kier alpha value is -1.85. The van der Waals surface area contributed by atoms with Gasteiger partial charge in [-0.25, -0.2) is 0 Å². The SMILES string of the molecule is NCC1CN(C(=O)CCc2c[nH]c3ccccc23)CCO1. The number of aromatic nitrogens is 1. The molecular formula is C16H21N3O2. The highest BCUT2D eigenvalue weighted by atomic mass is 16.5. The van der Waals surface area contributed by atoms with Crippen LogP contribution in [0.5, 0.6) is 0 Å². The summed E-state index contributed by atoms with van der Waals surface area (Å²) >= 11 is 0. The first-order valence-electron chi connectivity index (χ1n) is 7.42. The molecule has 5 heteroatoms. The zero-order chi connectivity index (χ0) is 14.7. The maximum atomic E-state index is 12.3. The zero-order valence-corrected chi connectivity index (χ0v) is 12.0. The van der Waals surface area contributed by atoms with Crippen molar-refractivity contribution in [2.75, 3.05) is 26.2 Å². The molecule has 0 bridgehead atoms. The first kappa shape index (κ1) is 14.1. The molecule has 0 aliphatic carbocycles. The number of hydrogen-bond donors (Lipinski definition) is 2. The van der Waals surface area contributed by atoms with Gasteiger partial charge in [0.2, 0.25) is 5.91 Å². The van der Waals surface area contributed by atoms with Gasteiger partial charge in [0.15, 0.2) is 0 Å². The van der Waals surface area contributed by atoms with E-state index in [0.29, 0.717) is 32.7 Å². The molecule has 3 N–H and O–H groups in total. The summed E-state index contributed by atoms with van der Waals surface area (Å²) in [4.78, 5) is 17.4. The van der Waals surface area contributed by atoms with Crippen molar-refractivity contribution >= 4 is 16.8 Å². The third-order valence-electron chi connectivity index (χ3n) is 4.04. The van der Waals surface area contributed by atoms with Gasteiger partial charge in [-0.15, -0.1) is 0 Å². The van der Waals surface area contributed by atoms with Crippen molar-refractivity contribution in [2.24, 2.45) is 5.73 Å². The molecule has 1 aromatic carbocycles. The monoisotopic (exact) mass is 287 g/mol. The number of nitrogens with zero attached hydrogens (tertiary/aromatic N) is 1. The van der Waals surface area contributed by atoms with Crippen LogP contribution in [0.1, 0.15) is 12.0 Å². The van der Waals surface area contributed by atoms with Crippen LogP contribution in [0.15, 0.2) is 30.5 Å². The van der Waals surface area contributed by atoms with Crippen LogP contribution >= 0.6 is 0 Å². The highest BCUT2D eigenvalue weighted by Gasteiger charge is 2.23. The van der Waals surface area contributed by atoms with E-state index in [-0.39, 0.29) is 12.0 Å². The fourth-order valence-electron chi connectivity index (χ4n) is 2.83. The smallest absolute Gasteiger partial charge is 0.223 e. The molecule has 3 rings (SSSR count). The van der Waals surface area contributed by atoms with Gasteiger partial charge in [0.25, 0.3) is 0 Å². The van der Waals surface area contributed by atoms with Crippen LogP contribution in [0.4, 0.5) is 0 Å². The van der Waals surface area contributed by atoms with E-state index in [1.54, 1.807) is 0 Å². The van der Waals surface area contributed by atoms with Crippen molar-refractivity contribution in [1.82, 2.24) is 9.88 Å². The molecule has 2 heterocycles. The number of benzene rings is 1. The number of aromatic amines is 1. The Labute approximate surface area is 124 Å². The number of para-hydroxylation sites is 1. The molecule has 0 spiro atoms. The molecule has 1 aliphatic rings. The van der Waals surface area contributed by atoms with Gasteiger partial charge < -0.3 is 20.4 Å². The number of nitrogens with one attached hydrogen (secondary N) is 1. The van der Waals surface area contributed by atoms with Crippen LogP contribution in [-0.2, 0) is 16.0 Å². The molecule has 1 aromatic heterocycles. The minimum absolute atomic E-state index is 0.0178. The second-order valence-corrected chi connectivity index (χ2v) is 5.43. The Bertz CT molecular complexity index is 623. The number of aryl methyl sites for hydroxylation is 1.